The number of aliphatic imine (C=N–C) groups is 1. The van der Waals surface area contributed by atoms with Crippen molar-refractivity contribution in [2.75, 3.05) is 54.2 Å². The van der Waals surface area contributed by atoms with Crippen LogP contribution in [0.3, 0.4) is 0 Å². The standard InChI is InChI=1S/C20H31N3O4.HI/c1-5-21-19(23-8-6-20(13-23)7-9-27-14-20)22-12-15-10-16(24-2)18(26-4)17(11-15)25-3;/h10-11H,5-9,12-14H2,1-4H3,(H,21,22);1H. The Morgan fingerprint density at radius 3 is 2.43 bits per heavy atom. The van der Waals surface area contributed by atoms with Crippen molar-refractivity contribution in [1.29, 1.82) is 0 Å². The van der Waals surface area contributed by atoms with E-state index < -0.39 is 0 Å². The summed E-state index contributed by atoms with van der Waals surface area (Å²) in [5.74, 6) is 2.85. The molecule has 8 heteroatoms. The van der Waals surface area contributed by atoms with Crippen molar-refractivity contribution in [2.45, 2.75) is 26.3 Å². The van der Waals surface area contributed by atoms with Crippen molar-refractivity contribution in [3.8, 4) is 17.2 Å². The average molecular weight is 505 g/mol. The third-order valence-electron chi connectivity index (χ3n) is 5.39. The summed E-state index contributed by atoms with van der Waals surface area (Å²) in [4.78, 5) is 7.22. The SMILES string of the molecule is CCNC(=NCc1cc(OC)c(OC)c(OC)c1)N1CCC2(CCOC2)C1.I. The molecular weight excluding hydrogens is 473 g/mol. The van der Waals surface area contributed by atoms with Gasteiger partial charge in [0.05, 0.1) is 34.5 Å². The molecule has 2 saturated heterocycles. The Hall–Kier alpha value is -1.42. The monoisotopic (exact) mass is 505 g/mol. The number of nitrogens with zero attached hydrogens (tertiary/aromatic N) is 2. The molecule has 1 atom stereocenters. The normalized spacial score (nSPS) is 21.6. The Balaban J connectivity index is 0.00000280. The summed E-state index contributed by atoms with van der Waals surface area (Å²) in [6.07, 6.45) is 2.32. The number of hydrogen-bond acceptors (Lipinski definition) is 5. The first-order valence-corrected chi connectivity index (χ1v) is 9.54. The molecule has 1 aromatic carbocycles. The van der Waals surface area contributed by atoms with Crippen molar-refractivity contribution in [3.05, 3.63) is 17.7 Å². The second-order valence-electron chi connectivity index (χ2n) is 7.18. The molecule has 0 aliphatic carbocycles. The van der Waals surface area contributed by atoms with E-state index in [1.54, 1.807) is 21.3 Å². The Labute approximate surface area is 184 Å². The topological polar surface area (TPSA) is 64.6 Å². The molecule has 0 radical (unpaired) electrons. The summed E-state index contributed by atoms with van der Waals surface area (Å²) in [7, 11) is 4.86. The molecule has 2 aliphatic rings. The molecule has 3 rings (SSSR count). The third-order valence-corrected chi connectivity index (χ3v) is 5.39. The van der Waals surface area contributed by atoms with Crippen molar-refractivity contribution in [1.82, 2.24) is 10.2 Å². The molecule has 0 bridgehead atoms. The van der Waals surface area contributed by atoms with Crippen LogP contribution < -0.4 is 19.5 Å². The molecule has 28 heavy (non-hydrogen) atoms. The van der Waals surface area contributed by atoms with Gasteiger partial charge in [-0.25, -0.2) is 4.99 Å². The number of likely N-dealkylation sites (tertiary alicyclic amines) is 1. The predicted octanol–water partition coefficient (Wildman–Crippen LogP) is 2.91. The molecule has 0 aromatic heterocycles. The number of guanidine groups is 1. The highest BCUT2D eigenvalue weighted by Gasteiger charge is 2.42. The highest BCUT2D eigenvalue weighted by Crippen LogP contribution is 2.39. The maximum atomic E-state index is 5.65. The lowest BCUT2D eigenvalue weighted by molar-refractivity contribution is 0.156. The summed E-state index contributed by atoms with van der Waals surface area (Å²) in [5.41, 5.74) is 1.32. The van der Waals surface area contributed by atoms with Crippen LogP contribution >= 0.6 is 24.0 Å². The van der Waals surface area contributed by atoms with Crippen LogP contribution in [0.2, 0.25) is 0 Å². The van der Waals surface area contributed by atoms with Gasteiger partial charge in [0.25, 0.3) is 0 Å². The molecule has 1 unspecified atom stereocenters. The Bertz CT molecular complexity index is 652. The van der Waals surface area contributed by atoms with E-state index in [0.717, 1.165) is 50.8 Å². The minimum Gasteiger partial charge on any atom is -0.493 e. The molecule has 1 spiro atoms. The number of methoxy groups -OCH3 is 3. The van der Waals surface area contributed by atoms with E-state index in [2.05, 4.69) is 17.1 Å². The van der Waals surface area contributed by atoms with Crippen LogP contribution in [-0.4, -0.2) is 65.0 Å². The third kappa shape index (κ3) is 4.94. The molecular formula is C20H32IN3O4. The van der Waals surface area contributed by atoms with Gasteiger partial charge in [0.15, 0.2) is 17.5 Å². The summed E-state index contributed by atoms with van der Waals surface area (Å²) in [6, 6.07) is 3.90. The van der Waals surface area contributed by atoms with Crippen LogP contribution in [0.15, 0.2) is 17.1 Å². The van der Waals surface area contributed by atoms with Crippen molar-refractivity contribution in [2.24, 2.45) is 10.4 Å². The van der Waals surface area contributed by atoms with Gasteiger partial charge in [-0.2, -0.15) is 0 Å². The lowest BCUT2D eigenvalue weighted by Gasteiger charge is -2.25. The smallest absolute Gasteiger partial charge is 0.203 e. The zero-order chi connectivity index (χ0) is 19.3. The summed E-state index contributed by atoms with van der Waals surface area (Å²) in [5, 5.41) is 3.43. The van der Waals surface area contributed by atoms with E-state index >= 15 is 0 Å². The van der Waals surface area contributed by atoms with Gasteiger partial charge in [-0.05, 0) is 37.5 Å². The predicted molar refractivity (Wildman–Crippen MR) is 120 cm³/mol. The van der Waals surface area contributed by atoms with Gasteiger partial charge in [0.2, 0.25) is 5.75 Å². The number of hydrogen-bond donors (Lipinski definition) is 1. The van der Waals surface area contributed by atoms with Gasteiger partial charge in [-0.3, -0.25) is 0 Å². The maximum absolute atomic E-state index is 5.65. The van der Waals surface area contributed by atoms with E-state index in [-0.39, 0.29) is 24.0 Å². The van der Waals surface area contributed by atoms with Crippen LogP contribution in [-0.2, 0) is 11.3 Å². The van der Waals surface area contributed by atoms with Crippen LogP contribution in [0.5, 0.6) is 17.2 Å². The molecule has 158 valence electrons. The van der Waals surface area contributed by atoms with Gasteiger partial charge in [-0.1, -0.05) is 0 Å². The zero-order valence-electron chi connectivity index (χ0n) is 17.2. The van der Waals surface area contributed by atoms with E-state index in [1.165, 1.54) is 6.42 Å². The van der Waals surface area contributed by atoms with Gasteiger partial charge in [-0.15, -0.1) is 24.0 Å². The molecule has 0 saturated carbocycles. The van der Waals surface area contributed by atoms with Crippen LogP contribution in [0.1, 0.15) is 25.3 Å². The van der Waals surface area contributed by atoms with E-state index in [4.69, 9.17) is 23.9 Å². The van der Waals surface area contributed by atoms with E-state index in [9.17, 15) is 0 Å². The molecule has 1 aromatic rings. The number of halogens is 1. The highest BCUT2D eigenvalue weighted by molar-refractivity contribution is 14.0. The van der Waals surface area contributed by atoms with Crippen molar-refractivity contribution >= 4 is 29.9 Å². The van der Waals surface area contributed by atoms with E-state index in [0.29, 0.717) is 29.2 Å². The Morgan fingerprint density at radius 2 is 1.89 bits per heavy atom. The second-order valence-corrected chi connectivity index (χ2v) is 7.18. The minimum absolute atomic E-state index is 0. The quantitative estimate of drug-likeness (QED) is 0.365. The lowest BCUT2D eigenvalue weighted by atomic mass is 9.87. The van der Waals surface area contributed by atoms with Crippen LogP contribution in [0, 0.1) is 5.41 Å². The lowest BCUT2D eigenvalue weighted by Crippen LogP contribution is -2.41. The van der Waals surface area contributed by atoms with Gasteiger partial charge >= 0.3 is 0 Å². The number of nitrogens with one attached hydrogen (secondary N) is 1. The maximum Gasteiger partial charge on any atom is 0.203 e. The first kappa shape index (κ1) is 22.9. The second kappa shape index (κ2) is 10.4. The fourth-order valence-corrected chi connectivity index (χ4v) is 3.91. The highest BCUT2D eigenvalue weighted by atomic mass is 127. The first-order valence-electron chi connectivity index (χ1n) is 9.54. The Kier molecular flexibility index (Phi) is 8.48. The average Bonchev–Trinajstić information content (AvgIpc) is 3.34. The van der Waals surface area contributed by atoms with Crippen molar-refractivity contribution in [3.63, 3.8) is 0 Å². The summed E-state index contributed by atoms with van der Waals surface area (Å²) >= 11 is 0. The minimum atomic E-state index is 0. The largest absolute Gasteiger partial charge is 0.493 e. The molecule has 2 heterocycles. The first-order chi connectivity index (χ1) is 13.1. The van der Waals surface area contributed by atoms with Crippen LogP contribution in [0.25, 0.3) is 0 Å². The molecule has 1 N–H and O–H groups in total. The van der Waals surface area contributed by atoms with Gasteiger partial charge in [0, 0.05) is 31.7 Å². The van der Waals surface area contributed by atoms with Crippen molar-refractivity contribution < 1.29 is 18.9 Å². The fraction of sp³-hybridized carbons (Fsp3) is 0.650. The van der Waals surface area contributed by atoms with E-state index in [1.807, 2.05) is 12.1 Å². The molecule has 0 amide bonds. The molecule has 7 nitrogen and oxygen atoms in total. The van der Waals surface area contributed by atoms with Crippen LogP contribution in [0.4, 0.5) is 0 Å². The zero-order valence-corrected chi connectivity index (χ0v) is 19.6. The number of ether oxygens (including phenoxy) is 4. The molecule has 2 aliphatic heterocycles. The molecule has 2 fully saturated rings. The van der Waals surface area contributed by atoms with Gasteiger partial charge < -0.3 is 29.2 Å². The summed E-state index contributed by atoms with van der Waals surface area (Å²) in [6.45, 7) is 7.26. The summed E-state index contributed by atoms with van der Waals surface area (Å²) < 4.78 is 21.9. The fourth-order valence-electron chi connectivity index (χ4n) is 3.91. The number of benzene rings is 1. The number of rotatable bonds is 6. The van der Waals surface area contributed by atoms with Gasteiger partial charge in [0.1, 0.15) is 0 Å². The Morgan fingerprint density at radius 1 is 1.18 bits per heavy atom.